The molecule has 4 heterocycles. The van der Waals surface area contributed by atoms with E-state index in [1.807, 2.05) is 29.0 Å². The number of nitrogens with one attached hydrogen (secondary N) is 2. The maximum Gasteiger partial charge on any atom is 0.263 e. The average Bonchev–Trinajstić information content (AvgIpc) is 3.46. The van der Waals surface area contributed by atoms with Gasteiger partial charge in [0.25, 0.3) is 10.0 Å². The molecule has 1 aromatic carbocycles. The fourth-order valence-electron chi connectivity index (χ4n) is 3.20. The molecule has 5 aromatic rings. The number of hydrogen-bond donors (Lipinski definition) is 2. The van der Waals surface area contributed by atoms with Crippen LogP contribution in [-0.2, 0) is 10.0 Å². The van der Waals surface area contributed by atoms with Crippen LogP contribution in [0.4, 0.5) is 16.6 Å². The number of thiazole rings is 1. The summed E-state index contributed by atoms with van der Waals surface area (Å²) >= 11 is 1.44. The highest BCUT2D eigenvalue weighted by Gasteiger charge is 2.17. The summed E-state index contributed by atoms with van der Waals surface area (Å²) in [5, 5.41) is 9.47. The summed E-state index contributed by atoms with van der Waals surface area (Å²) in [5.74, 6) is 1.27. The van der Waals surface area contributed by atoms with Crippen LogP contribution in [0.5, 0.6) is 0 Å². The van der Waals surface area contributed by atoms with E-state index in [-0.39, 0.29) is 10.7 Å². The summed E-state index contributed by atoms with van der Waals surface area (Å²) in [7, 11) is -3.77. The van der Waals surface area contributed by atoms with Crippen LogP contribution in [0, 0.1) is 13.8 Å². The highest BCUT2D eigenvalue weighted by Crippen LogP contribution is 2.30. The number of benzene rings is 1. The Morgan fingerprint density at radius 1 is 1.12 bits per heavy atom. The van der Waals surface area contributed by atoms with Gasteiger partial charge in [0.05, 0.1) is 16.3 Å². The molecule has 0 fully saturated rings. The second-order valence-corrected chi connectivity index (χ2v) is 9.49. The molecule has 0 saturated carbocycles. The quantitative estimate of drug-likeness (QED) is 0.384. The van der Waals surface area contributed by atoms with Gasteiger partial charge in [-0.15, -0.1) is 11.3 Å². The Labute approximate surface area is 187 Å². The van der Waals surface area contributed by atoms with Gasteiger partial charge in [0.1, 0.15) is 11.5 Å². The van der Waals surface area contributed by atoms with Crippen molar-refractivity contribution in [1.82, 2.24) is 24.5 Å². The van der Waals surface area contributed by atoms with E-state index in [1.54, 1.807) is 25.3 Å². The molecule has 0 aliphatic carbocycles. The molecular formula is C20H17N7O3S2. The molecule has 0 spiro atoms. The van der Waals surface area contributed by atoms with E-state index in [4.69, 9.17) is 4.52 Å². The lowest BCUT2D eigenvalue weighted by atomic mass is 10.3. The minimum atomic E-state index is -3.77. The normalized spacial score (nSPS) is 11.7. The topological polar surface area (TPSA) is 127 Å². The second-order valence-electron chi connectivity index (χ2n) is 6.95. The van der Waals surface area contributed by atoms with Gasteiger partial charge in [-0.1, -0.05) is 5.16 Å². The Bertz CT molecular complexity index is 1520. The number of rotatable bonds is 6. The van der Waals surface area contributed by atoms with Crippen molar-refractivity contribution in [2.75, 3.05) is 10.0 Å². The average molecular weight is 468 g/mol. The third-order valence-corrected chi connectivity index (χ3v) is 6.74. The highest BCUT2D eigenvalue weighted by atomic mass is 32.2. The van der Waals surface area contributed by atoms with E-state index in [2.05, 4.69) is 30.1 Å². The minimum absolute atomic E-state index is 0.109. The maximum atomic E-state index is 12.5. The third-order valence-electron chi connectivity index (χ3n) is 4.61. The molecular weight excluding hydrogens is 450 g/mol. The lowest BCUT2D eigenvalue weighted by Gasteiger charge is -2.07. The largest absolute Gasteiger partial charge is 0.360 e. The van der Waals surface area contributed by atoms with Crippen LogP contribution in [0.15, 0.2) is 63.6 Å². The number of hydrogen-bond acceptors (Lipinski definition) is 9. The lowest BCUT2D eigenvalue weighted by Crippen LogP contribution is -2.13. The van der Waals surface area contributed by atoms with Gasteiger partial charge in [-0.2, -0.15) is 0 Å². The molecule has 0 aliphatic heterocycles. The molecule has 4 aromatic heterocycles. The van der Waals surface area contributed by atoms with E-state index < -0.39 is 10.0 Å². The number of imidazole rings is 1. The number of aryl methyl sites for hydroxylation is 2. The molecule has 2 N–H and O–H groups in total. The first-order valence-electron chi connectivity index (χ1n) is 9.48. The fourth-order valence-corrected chi connectivity index (χ4v) is 4.90. The number of aromatic nitrogens is 5. The molecule has 0 unspecified atom stereocenters. The standard InChI is InChI=1S/C20H17N7O3S2/c1-12-10-17(25-30-12)26-32(28,29)15-6-4-14(5-7-15)23-20-24-16(11-31-20)18-13(2)22-19-21-8-3-9-27(18)19/h3-11H,1-2H3,(H,23,24)(H,25,26). The van der Waals surface area contributed by atoms with E-state index in [1.165, 1.54) is 29.5 Å². The summed E-state index contributed by atoms with van der Waals surface area (Å²) in [6.07, 6.45) is 3.60. The van der Waals surface area contributed by atoms with Crippen LogP contribution in [0.3, 0.4) is 0 Å². The Hall–Kier alpha value is -3.77. The van der Waals surface area contributed by atoms with Crippen molar-refractivity contribution in [3.63, 3.8) is 0 Å². The van der Waals surface area contributed by atoms with Gasteiger partial charge in [0.2, 0.25) is 5.78 Å². The van der Waals surface area contributed by atoms with Gasteiger partial charge in [-0.3, -0.25) is 9.12 Å². The molecule has 0 radical (unpaired) electrons. The Morgan fingerprint density at radius 3 is 2.69 bits per heavy atom. The first-order valence-corrected chi connectivity index (χ1v) is 11.8. The Morgan fingerprint density at radius 2 is 1.94 bits per heavy atom. The Balaban J connectivity index is 1.34. The summed E-state index contributed by atoms with van der Waals surface area (Å²) < 4.78 is 34.2. The van der Waals surface area contributed by atoms with Gasteiger partial charge < -0.3 is 9.84 Å². The number of anilines is 3. The lowest BCUT2D eigenvalue weighted by molar-refractivity contribution is 0.400. The molecule has 162 valence electrons. The van der Waals surface area contributed by atoms with Crippen LogP contribution < -0.4 is 10.0 Å². The van der Waals surface area contributed by atoms with Crippen molar-refractivity contribution < 1.29 is 12.9 Å². The molecule has 12 heteroatoms. The van der Waals surface area contributed by atoms with E-state index in [0.717, 1.165) is 17.1 Å². The molecule has 0 aliphatic rings. The van der Waals surface area contributed by atoms with Crippen LogP contribution in [0.2, 0.25) is 0 Å². The molecule has 10 nitrogen and oxygen atoms in total. The molecule has 0 atom stereocenters. The zero-order chi connectivity index (χ0) is 22.3. The predicted octanol–water partition coefficient (Wildman–Crippen LogP) is 4.00. The summed E-state index contributed by atoms with van der Waals surface area (Å²) in [6.45, 7) is 3.60. The smallest absolute Gasteiger partial charge is 0.263 e. The van der Waals surface area contributed by atoms with Crippen molar-refractivity contribution in [2.24, 2.45) is 0 Å². The predicted molar refractivity (Wildman–Crippen MR) is 121 cm³/mol. The minimum Gasteiger partial charge on any atom is -0.360 e. The van der Waals surface area contributed by atoms with Crippen LogP contribution in [-0.4, -0.2) is 32.9 Å². The molecule has 0 saturated heterocycles. The maximum absolute atomic E-state index is 12.5. The van der Waals surface area contributed by atoms with Gasteiger partial charge >= 0.3 is 0 Å². The molecule has 32 heavy (non-hydrogen) atoms. The zero-order valence-electron chi connectivity index (χ0n) is 17.0. The number of sulfonamides is 1. The summed E-state index contributed by atoms with van der Waals surface area (Å²) in [4.78, 5) is 13.5. The SMILES string of the molecule is Cc1cc(NS(=O)(=O)c2ccc(Nc3nc(-c4c(C)nc5ncccn45)cs3)cc2)no1. The van der Waals surface area contributed by atoms with E-state index in [0.29, 0.717) is 22.4 Å². The van der Waals surface area contributed by atoms with E-state index >= 15 is 0 Å². The van der Waals surface area contributed by atoms with Gasteiger partial charge in [-0.25, -0.2) is 23.4 Å². The summed E-state index contributed by atoms with van der Waals surface area (Å²) in [6, 6.07) is 9.71. The molecule has 0 bridgehead atoms. The zero-order valence-corrected chi connectivity index (χ0v) is 18.6. The van der Waals surface area contributed by atoms with Crippen molar-refractivity contribution >= 4 is 43.8 Å². The van der Waals surface area contributed by atoms with E-state index in [9.17, 15) is 8.42 Å². The first-order chi connectivity index (χ1) is 15.4. The van der Waals surface area contributed by atoms with Gasteiger partial charge in [-0.05, 0) is 44.2 Å². The van der Waals surface area contributed by atoms with Crippen molar-refractivity contribution in [1.29, 1.82) is 0 Å². The number of nitrogens with zero attached hydrogens (tertiary/aromatic N) is 5. The van der Waals surface area contributed by atoms with Crippen LogP contribution in [0.1, 0.15) is 11.5 Å². The number of fused-ring (bicyclic) bond motifs is 1. The van der Waals surface area contributed by atoms with Crippen molar-refractivity contribution in [2.45, 2.75) is 18.7 Å². The van der Waals surface area contributed by atoms with Crippen LogP contribution in [0.25, 0.3) is 17.2 Å². The summed E-state index contributed by atoms with van der Waals surface area (Å²) in [5.41, 5.74) is 3.21. The van der Waals surface area contributed by atoms with Gasteiger partial charge in [0.15, 0.2) is 10.9 Å². The Kier molecular flexibility index (Phi) is 4.87. The molecule has 5 rings (SSSR count). The second kappa shape index (κ2) is 7.73. The first kappa shape index (κ1) is 20.2. The third kappa shape index (κ3) is 3.81. The van der Waals surface area contributed by atoms with Crippen LogP contribution >= 0.6 is 11.3 Å². The monoisotopic (exact) mass is 467 g/mol. The van der Waals surface area contributed by atoms with Crippen molar-refractivity contribution in [3.8, 4) is 11.4 Å². The molecule has 0 amide bonds. The van der Waals surface area contributed by atoms with Gasteiger partial charge in [0, 0.05) is 29.5 Å². The highest BCUT2D eigenvalue weighted by molar-refractivity contribution is 7.92. The van der Waals surface area contributed by atoms with Crippen molar-refractivity contribution in [3.05, 3.63) is 65.6 Å². The fraction of sp³-hybridized carbons (Fsp3) is 0.100.